The molecule has 1 N–H and O–H groups in total. The van der Waals surface area contributed by atoms with E-state index in [1.165, 1.54) is 13.2 Å². The van der Waals surface area contributed by atoms with Crippen molar-refractivity contribution in [2.45, 2.75) is 6.92 Å². The van der Waals surface area contributed by atoms with Crippen LogP contribution >= 0.6 is 23.2 Å². The Bertz CT molecular complexity index is 909. The molecule has 0 radical (unpaired) electrons. The number of ether oxygens (including phenoxy) is 2. The molecule has 3 aromatic rings. The number of rotatable bonds is 4. The van der Waals surface area contributed by atoms with Crippen LogP contribution in [0.4, 0.5) is 0 Å². The largest absolute Gasteiger partial charge is 0.504 e. The molecule has 0 amide bonds. The lowest BCUT2D eigenvalue weighted by atomic mass is 10.1. The van der Waals surface area contributed by atoms with Gasteiger partial charge in [-0.05, 0) is 31.2 Å². The summed E-state index contributed by atoms with van der Waals surface area (Å²) in [7, 11) is 1.49. The molecule has 3 rings (SSSR count). The highest BCUT2D eigenvalue weighted by molar-refractivity contribution is 6.38. The number of hydrogen-bond donors (Lipinski definition) is 1. The first-order valence-corrected chi connectivity index (χ1v) is 8.05. The Morgan fingerprint density at radius 1 is 1.08 bits per heavy atom. The molecular formula is C18H15Cl2O4+. The van der Waals surface area contributed by atoms with Gasteiger partial charge in [0.1, 0.15) is 16.2 Å². The third-order valence-corrected chi connectivity index (χ3v) is 4.01. The van der Waals surface area contributed by atoms with E-state index in [1.54, 1.807) is 30.3 Å². The topological polar surface area (TPSA) is 50.0 Å². The second-order valence-corrected chi connectivity index (χ2v) is 5.90. The van der Waals surface area contributed by atoms with Crippen LogP contribution in [0.2, 0.25) is 10.0 Å². The van der Waals surface area contributed by atoms with E-state index in [-0.39, 0.29) is 5.75 Å². The van der Waals surface area contributed by atoms with Crippen molar-refractivity contribution in [1.29, 1.82) is 0 Å². The Hall–Kier alpha value is -2.17. The third kappa shape index (κ3) is 3.07. The minimum atomic E-state index is 0.0527. The molecule has 0 aliphatic carbocycles. The Morgan fingerprint density at radius 2 is 1.88 bits per heavy atom. The van der Waals surface area contributed by atoms with Crippen LogP contribution in [-0.4, -0.2) is 18.8 Å². The van der Waals surface area contributed by atoms with Crippen LogP contribution in [-0.2, 0) is 0 Å². The zero-order valence-corrected chi connectivity index (χ0v) is 14.6. The van der Waals surface area contributed by atoms with Crippen molar-refractivity contribution in [2.24, 2.45) is 0 Å². The van der Waals surface area contributed by atoms with E-state index in [0.717, 1.165) is 5.56 Å². The normalized spacial score (nSPS) is 10.8. The zero-order valence-electron chi connectivity index (χ0n) is 13.1. The van der Waals surface area contributed by atoms with Crippen molar-refractivity contribution >= 4 is 34.2 Å². The number of phenolic OH excluding ortho intramolecular Hbond substituents is 1. The molecule has 0 unspecified atom stereocenters. The Kier molecular flexibility index (Phi) is 4.69. The number of hydrogen-bond acceptors (Lipinski definition) is 3. The van der Waals surface area contributed by atoms with E-state index >= 15 is 0 Å². The smallest absolute Gasteiger partial charge is 0.383 e. The number of methoxy groups -OCH3 is 1. The molecule has 0 aliphatic rings. The van der Waals surface area contributed by atoms with Crippen molar-refractivity contribution in [2.75, 3.05) is 13.7 Å². The molecule has 0 bridgehead atoms. The summed E-state index contributed by atoms with van der Waals surface area (Å²) < 4.78 is 16.8. The minimum absolute atomic E-state index is 0.0527. The molecule has 0 spiro atoms. The summed E-state index contributed by atoms with van der Waals surface area (Å²) >= 11 is 12.4. The number of fused-ring (bicyclic) bond motifs is 1. The highest BCUT2D eigenvalue weighted by Gasteiger charge is 2.24. The highest BCUT2D eigenvalue weighted by atomic mass is 35.5. The van der Waals surface area contributed by atoms with Crippen molar-refractivity contribution in [3.8, 4) is 28.6 Å². The van der Waals surface area contributed by atoms with E-state index in [0.29, 0.717) is 44.9 Å². The van der Waals surface area contributed by atoms with Gasteiger partial charge in [0.25, 0.3) is 0 Å². The maximum Gasteiger partial charge on any atom is 0.383 e. The molecule has 0 fully saturated rings. The first-order chi connectivity index (χ1) is 11.5. The van der Waals surface area contributed by atoms with Gasteiger partial charge in [0, 0.05) is 11.1 Å². The van der Waals surface area contributed by atoms with E-state index in [9.17, 15) is 5.11 Å². The second kappa shape index (κ2) is 6.75. The number of benzene rings is 2. The van der Waals surface area contributed by atoms with Crippen LogP contribution in [0, 0.1) is 0 Å². The van der Waals surface area contributed by atoms with Crippen LogP contribution in [0.1, 0.15) is 6.92 Å². The fraction of sp³-hybridized carbons (Fsp3) is 0.167. The molecular weight excluding hydrogens is 351 g/mol. The standard InChI is InChI=1S/C18H14Cl2O4/c1-3-23-16-9-15(10-4-5-14(21)17(6-10)22-2)24-18-12(16)7-11(19)8-13(18)20/h4-9H,3H2,1-2H3/p+1. The highest BCUT2D eigenvalue weighted by Crippen LogP contribution is 2.39. The number of aromatic hydroxyl groups is 1. The zero-order chi connectivity index (χ0) is 17.3. The average Bonchev–Trinajstić information content (AvgIpc) is 2.56. The van der Waals surface area contributed by atoms with E-state index in [2.05, 4.69) is 0 Å². The fourth-order valence-corrected chi connectivity index (χ4v) is 2.96. The van der Waals surface area contributed by atoms with Gasteiger partial charge in [0.15, 0.2) is 11.5 Å². The lowest BCUT2D eigenvalue weighted by molar-refractivity contribution is 0.342. The average molecular weight is 366 g/mol. The van der Waals surface area contributed by atoms with Gasteiger partial charge >= 0.3 is 11.3 Å². The summed E-state index contributed by atoms with van der Waals surface area (Å²) in [6.45, 7) is 2.38. The second-order valence-electron chi connectivity index (χ2n) is 5.06. The Labute approximate surface area is 149 Å². The molecule has 0 saturated carbocycles. The predicted octanol–water partition coefficient (Wildman–Crippen LogP) is 5.80. The van der Waals surface area contributed by atoms with Gasteiger partial charge in [0.2, 0.25) is 0 Å². The van der Waals surface area contributed by atoms with Crippen LogP contribution in [0.25, 0.3) is 22.3 Å². The minimum Gasteiger partial charge on any atom is -0.504 e. The van der Waals surface area contributed by atoms with E-state index < -0.39 is 0 Å². The van der Waals surface area contributed by atoms with E-state index in [4.69, 9.17) is 37.1 Å². The molecule has 0 atom stereocenters. The SMILES string of the molecule is CCOc1cc(-c2ccc(O)c(OC)c2)[o+]c2c(Cl)cc(Cl)cc12. The molecule has 1 aromatic heterocycles. The van der Waals surface area contributed by atoms with Gasteiger partial charge in [-0.2, -0.15) is 0 Å². The molecule has 4 nitrogen and oxygen atoms in total. The van der Waals surface area contributed by atoms with E-state index in [1.807, 2.05) is 6.92 Å². The first-order valence-electron chi connectivity index (χ1n) is 7.29. The van der Waals surface area contributed by atoms with Gasteiger partial charge in [-0.25, -0.2) is 4.42 Å². The van der Waals surface area contributed by atoms with Crippen LogP contribution < -0.4 is 9.47 Å². The van der Waals surface area contributed by atoms with Crippen molar-refractivity contribution < 1.29 is 19.0 Å². The van der Waals surface area contributed by atoms with Crippen molar-refractivity contribution in [3.05, 3.63) is 46.4 Å². The fourth-order valence-electron chi connectivity index (χ4n) is 2.43. The maximum atomic E-state index is 9.75. The van der Waals surface area contributed by atoms with Gasteiger partial charge in [0.05, 0.1) is 25.3 Å². The molecule has 24 heavy (non-hydrogen) atoms. The molecule has 1 heterocycles. The summed E-state index contributed by atoms with van der Waals surface area (Å²) in [6.07, 6.45) is 0. The predicted molar refractivity (Wildman–Crippen MR) is 95.5 cm³/mol. The molecule has 0 saturated heterocycles. The monoisotopic (exact) mass is 365 g/mol. The lowest BCUT2D eigenvalue weighted by Gasteiger charge is -2.06. The van der Waals surface area contributed by atoms with Crippen molar-refractivity contribution in [3.63, 3.8) is 0 Å². The third-order valence-electron chi connectivity index (χ3n) is 3.51. The summed E-state index contributed by atoms with van der Waals surface area (Å²) in [4.78, 5) is 0. The number of phenols is 1. The Morgan fingerprint density at radius 3 is 2.58 bits per heavy atom. The molecule has 2 aromatic carbocycles. The maximum absolute atomic E-state index is 9.75. The Balaban J connectivity index is 2.25. The summed E-state index contributed by atoms with van der Waals surface area (Å²) in [6, 6.07) is 10.1. The van der Waals surface area contributed by atoms with Gasteiger partial charge < -0.3 is 14.6 Å². The lowest BCUT2D eigenvalue weighted by Crippen LogP contribution is -1.94. The van der Waals surface area contributed by atoms with Gasteiger partial charge in [-0.1, -0.05) is 23.2 Å². The molecule has 0 aliphatic heterocycles. The van der Waals surface area contributed by atoms with Crippen molar-refractivity contribution in [1.82, 2.24) is 0 Å². The summed E-state index contributed by atoms with van der Waals surface area (Å²) in [5, 5.41) is 11.3. The molecule has 6 heteroatoms. The quantitative estimate of drug-likeness (QED) is 0.593. The molecule has 124 valence electrons. The van der Waals surface area contributed by atoms with Gasteiger partial charge in [-0.15, -0.1) is 0 Å². The van der Waals surface area contributed by atoms with Crippen LogP contribution in [0.15, 0.2) is 40.8 Å². The van der Waals surface area contributed by atoms with Gasteiger partial charge in [-0.3, -0.25) is 0 Å². The summed E-state index contributed by atoms with van der Waals surface area (Å²) in [5.41, 5.74) is 1.20. The number of halogens is 2. The summed E-state index contributed by atoms with van der Waals surface area (Å²) in [5.74, 6) is 1.55. The van der Waals surface area contributed by atoms with Crippen LogP contribution in [0.5, 0.6) is 17.2 Å². The van der Waals surface area contributed by atoms with Crippen LogP contribution in [0.3, 0.4) is 0 Å². The first kappa shape index (κ1) is 16.7.